The summed E-state index contributed by atoms with van der Waals surface area (Å²) in [6.07, 6.45) is 8.30. The number of fused-ring (bicyclic) bond motifs is 3. The normalized spacial score (nSPS) is 18.5. The minimum atomic E-state index is -0.573. The maximum Gasteiger partial charge on any atom is 0.256 e. The summed E-state index contributed by atoms with van der Waals surface area (Å²) in [5.41, 5.74) is 0.871. The van der Waals surface area contributed by atoms with Gasteiger partial charge in [0.2, 0.25) is 5.43 Å². The fraction of sp³-hybridized carbons (Fsp3) is 0.412. The fourth-order valence-electron chi connectivity index (χ4n) is 6.94. The second-order valence-corrected chi connectivity index (χ2v) is 12.1. The summed E-state index contributed by atoms with van der Waals surface area (Å²) in [5.74, 6) is -0.215. The van der Waals surface area contributed by atoms with Crippen LogP contribution in [0.1, 0.15) is 48.9 Å². The number of anilines is 1. The molecule has 3 aliphatic heterocycles. The van der Waals surface area contributed by atoms with Crippen LogP contribution in [0.3, 0.4) is 0 Å². The van der Waals surface area contributed by atoms with Gasteiger partial charge in [0.25, 0.3) is 5.91 Å². The molecule has 1 unspecified atom stereocenters. The van der Waals surface area contributed by atoms with Gasteiger partial charge in [-0.05, 0) is 87.8 Å². The predicted octanol–water partition coefficient (Wildman–Crippen LogP) is 5.50. The number of carbonyl (C=O) groups excluding carboxylic acids is 1. The molecule has 1 amide bonds. The molecular formula is C34H38FN5O3. The summed E-state index contributed by atoms with van der Waals surface area (Å²) < 4.78 is 24.1. The summed E-state index contributed by atoms with van der Waals surface area (Å²) in [4.78, 5) is 31.9. The molecule has 1 aromatic heterocycles. The molecule has 9 heteroatoms. The van der Waals surface area contributed by atoms with E-state index in [0.717, 1.165) is 56.2 Å². The van der Waals surface area contributed by atoms with Crippen molar-refractivity contribution >= 4 is 33.3 Å². The molecule has 2 fully saturated rings. The number of nitrogens with zero attached hydrogens (tertiary/aromatic N) is 3. The lowest BCUT2D eigenvalue weighted by Gasteiger charge is -2.28. The number of likely N-dealkylation sites (tertiary alicyclic amines) is 2. The van der Waals surface area contributed by atoms with E-state index in [9.17, 15) is 9.59 Å². The van der Waals surface area contributed by atoms with Crippen LogP contribution in [-0.2, 0) is 0 Å². The first-order valence-electron chi connectivity index (χ1n) is 15.6. The van der Waals surface area contributed by atoms with Crippen LogP contribution in [0.15, 0.2) is 53.5 Å². The van der Waals surface area contributed by atoms with E-state index in [0.29, 0.717) is 36.1 Å². The van der Waals surface area contributed by atoms with Gasteiger partial charge >= 0.3 is 0 Å². The average Bonchev–Trinajstić information content (AvgIpc) is 3.43. The van der Waals surface area contributed by atoms with Crippen molar-refractivity contribution in [2.45, 2.75) is 44.6 Å². The van der Waals surface area contributed by atoms with Gasteiger partial charge in [0.1, 0.15) is 16.8 Å². The van der Waals surface area contributed by atoms with Crippen LogP contribution in [0, 0.1) is 5.82 Å². The number of aromatic nitrogens is 1. The first-order valence-corrected chi connectivity index (χ1v) is 15.6. The van der Waals surface area contributed by atoms with Crippen LogP contribution in [-0.4, -0.2) is 72.6 Å². The molecule has 4 aromatic rings. The number of halogens is 1. The summed E-state index contributed by atoms with van der Waals surface area (Å²) in [6, 6.07) is 13.5. The molecule has 7 rings (SSSR count). The Labute approximate surface area is 250 Å². The smallest absolute Gasteiger partial charge is 0.256 e. The third kappa shape index (κ3) is 5.25. The van der Waals surface area contributed by atoms with E-state index in [4.69, 9.17) is 4.74 Å². The summed E-state index contributed by atoms with van der Waals surface area (Å²) >= 11 is 0. The maximum absolute atomic E-state index is 15.8. The van der Waals surface area contributed by atoms with E-state index in [1.54, 1.807) is 6.20 Å². The Balaban J connectivity index is 1.28. The second kappa shape index (κ2) is 11.6. The molecule has 224 valence electrons. The molecule has 2 saturated heterocycles. The van der Waals surface area contributed by atoms with E-state index >= 15 is 4.39 Å². The Kier molecular flexibility index (Phi) is 7.53. The Morgan fingerprint density at radius 1 is 1.02 bits per heavy atom. The number of nitrogens with one attached hydrogen (secondary N) is 2. The molecule has 2 N–H and O–H groups in total. The van der Waals surface area contributed by atoms with Crippen LogP contribution in [0.4, 0.5) is 10.1 Å². The average molecular weight is 584 g/mol. The van der Waals surface area contributed by atoms with Crippen LogP contribution in [0.2, 0.25) is 0 Å². The number of hydrogen-bond acceptors (Lipinski definition) is 6. The van der Waals surface area contributed by atoms with Crippen LogP contribution in [0.25, 0.3) is 27.4 Å². The van der Waals surface area contributed by atoms with Gasteiger partial charge in [-0.25, -0.2) is 4.39 Å². The molecule has 3 aliphatic rings. The molecule has 1 atom stereocenters. The number of carbonyl (C=O) groups is 1. The molecule has 0 bridgehead atoms. The lowest BCUT2D eigenvalue weighted by atomic mass is 10.0. The second-order valence-electron chi connectivity index (χ2n) is 12.1. The standard InChI is InChI=1S/C34H38FN5O3/c1-38-14-7-10-24(38)11-12-37-34(42)26-21-40-28-18-22-8-3-4-9-23(22)19-29(28)43-33-30(27(35)20-25(31(33)40)32(26)41)36-13-17-39-15-5-2-6-16-39/h3-4,8-9,18-21,24,36H,2,5-7,10-17H2,1H3,(H,37,42). The van der Waals surface area contributed by atoms with Crippen LogP contribution in [0.5, 0.6) is 11.5 Å². The number of hydrogen-bond donors (Lipinski definition) is 2. The minimum absolute atomic E-state index is 0.00978. The van der Waals surface area contributed by atoms with E-state index in [1.165, 1.54) is 25.3 Å². The quantitative estimate of drug-likeness (QED) is 0.251. The zero-order valence-electron chi connectivity index (χ0n) is 24.6. The van der Waals surface area contributed by atoms with E-state index in [-0.39, 0.29) is 22.4 Å². The lowest BCUT2D eigenvalue weighted by Crippen LogP contribution is -2.34. The Bertz CT molecular complexity index is 1760. The fourth-order valence-corrected chi connectivity index (χ4v) is 6.94. The number of piperidine rings is 1. The van der Waals surface area contributed by atoms with Crippen molar-refractivity contribution < 1.29 is 13.9 Å². The Morgan fingerprint density at radius 3 is 2.58 bits per heavy atom. The van der Waals surface area contributed by atoms with Crippen molar-refractivity contribution in [3.63, 3.8) is 0 Å². The highest BCUT2D eigenvalue weighted by atomic mass is 19.1. The molecule has 0 radical (unpaired) electrons. The molecule has 4 heterocycles. The number of benzene rings is 3. The Hall–Kier alpha value is -3.95. The van der Waals surface area contributed by atoms with Crippen LogP contribution >= 0.6 is 0 Å². The van der Waals surface area contributed by atoms with Gasteiger partial charge in [-0.15, -0.1) is 0 Å². The Morgan fingerprint density at radius 2 is 1.81 bits per heavy atom. The van der Waals surface area contributed by atoms with Crippen molar-refractivity contribution in [1.29, 1.82) is 0 Å². The third-order valence-corrected chi connectivity index (χ3v) is 9.35. The zero-order chi connectivity index (χ0) is 29.5. The SMILES string of the molecule is CN1CCCC1CCNC(=O)c1cn2c3c(c(NCCN4CCCCC4)c(F)cc3c1=O)Oc1cc3ccccc3cc1-2. The topological polar surface area (TPSA) is 78.8 Å². The zero-order valence-corrected chi connectivity index (χ0v) is 24.6. The van der Waals surface area contributed by atoms with Gasteiger partial charge in [0.05, 0.1) is 11.1 Å². The number of ether oxygens (including phenoxy) is 1. The highest BCUT2D eigenvalue weighted by Crippen LogP contribution is 2.46. The number of amides is 1. The summed E-state index contributed by atoms with van der Waals surface area (Å²) in [5, 5.41) is 8.32. The van der Waals surface area contributed by atoms with Gasteiger partial charge < -0.3 is 29.7 Å². The third-order valence-electron chi connectivity index (χ3n) is 9.35. The van der Waals surface area contributed by atoms with E-state index in [2.05, 4.69) is 27.5 Å². The van der Waals surface area contributed by atoms with Crippen molar-refractivity contribution in [3.8, 4) is 17.2 Å². The molecule has 0 saturated carbocycles. The van der Waals surface area contributed by atoms with Crippen molar-refractivity contribution in [2.24, 2.45) is 0 Å². The maximum atomic E-state index is 15.8. The van der Waals surface area contributed by atoms with Gasteiger partial charge in [0.15, 0.2) is 17.3 Å². The largest absolute Gasteiger partial charge is 0.451 e. The van der Waals surface area contributed by atoms with Gasteiger partial charge in [-0.3, -0.25) is 9.59 Å². The van der Waals surface area contributed by atoms with E-state index in [1.807, 2.05) is 41.0 Å². The highest BCUT2D eigenvalue weighted by molar-refractivity contribution is 6.02. The monoisotopic (exact) mass is 583 g/mol. The van der Waals surface area contributed by atoms with Gasteiger partial charge in [0, 0.05) is 31.9 Å². The van der Waals surface area contributed by atoms with E-state index < -0.39 is 17.2 Å². The van der Waals surface area contributed by atoms with Crippen molar-refractivity contribution in [3.05, 3.63) is 70.3 Å². The number of rotatable bonds is 8. The van der Waals surface area contributed by atoms with Crippen molar-refractivity contribution in [1.82, 2.24) is 19.7 Å². The van der Waals surface area contributed by atoms with Gasteiger partial charge in [-0.2, -0.15) is 0 Å². The predicted molar refractivity (Wildman–Crippen MR) is 168 cm³/mol. The van der Waals surface area contributed by atoms with Crippen LogP contribution < -0.4 is 20.8 Å². The van der Waals surface area contributed by atoms with Gasteiger partial charge in [-0.1, -0.05) is 30.7 Å². The highest BCUT2D eigenvalue weighted by Gasteiger charge is 2.29. The van der Waals surface area contributed by atoms with Crippen molar-refractivity contribution in [2.75, 3.05) is 51.6 Å². The first-order chi connectivity index (χ1) is 21.0. The lowest BCUT2D eigenvalue weighted by molar-refractivity contribution is 0.0949. The molecule has 8 nitrogen and oxygen atoms in total. The molecule has 3 aromatic carbocycles. The first kappa shape index (κ1) is 27.9. The number of pyridine rings is 1. The molecule has 0 spiro atoms. The summed E-state index contributed by atoms with van der Waals surface area (Å²) in [6.45, 7) is 4.97. The molecule has 0 aliphatic carbocycles. The molecular weight excluding hydrogens is 545 g/mol. The summed E-state index contributed by atoms with van der Waals surface area (Å²) in [7, 11) is 2.10. The minimum Gasteiger partial charge on any atom is -0.451 e. The molecule has 43 heavy (non-hydrogen) atoms.